The highest BCUT2D eigenvalue weighted by atomic mass is 19.1. The number of rotatable bonds is 9. The summed E-state index contributed by atoms with van der Waals surface area (Å²) in [5.41, 5.74) is 1.58. The first kappa shape index (κ1) is 23.8. The monoisotopic (exact) mass is 386 g/mol. The number of benzene rings is 1. The van der Waals surface area contributed by atoms with Crippen LogP contribution >= 0.6 is 0 Å². The maximum Gasteiger partial charge on any atom is 0.223 e. The van der Waals surface area contributed by atoms with Gasteiger partial charge >= 0.3 is 0 Å². The van der Waals surface area contributed by atoms with Gasteiger partial charge in [-0.15, -0.1) is 0 Å². The van der Waals surface area contributed by atoms with E-state index in [0.717, 1.165) is 36.9 Å². The molecule has 1 aromatic heterocycles. The summed E-state index contributed by atoms with van der Waals surface area (Å²) in [7, 11) is 0. The number of nitrogens with zero attached hydrogens (tertiary/aromatic N) is 1. The molecule has 28 heavy (non-hydrogen) atoms. The largest absolute Gasteiger partial charge is 0.343 e. The van der Waals surface area contributed by atoms with Crippen LogP contribution in [0.15, 0.2) is 48.7 Å². The van der Waals surface area contributed by atoms with Crippen molar-refractivity contribution in [2.45, 2.75) is 72.3 Å². The molecule has 0 saturated heterocycles. The average Bonchev–Trinajstić information content (AvgIpc) is 2.73. The van der Waals surface area contributed by atoms with Gasteiger partial charge in [0.25, 0.3) is 0 Å². The Labute approximate surface area is 169 Å². The summed E-state index contributed by atoms with van der Waals surface area (Å²) in [5.74, 6) is -0.245. The number of halogens is 1. The van der Waals surface area contributed by atoms with Crippen LogP contribution in [0.1, 0.15) is 83.5 Å². The van der Waals surface area contributed by atoms with E-state index in [2.05, 4.69) is 38.0 Å². The number of hydrogen-bond acceptors (Lipinski definition) is 2. The van der Waals surface area contributed by atoms with Crippen molar-refractivity contribution >= 4 is 5.91 Å². The molecule has 3 nitrogen and oxygen atoms in total. The van der Waals surface area contributed by atoms with Gasteiger partial charge in [-0.3, -0.25) is 9.78 Å². The predicted molar refractivity (Wildman–Crippen MR) is 115 cm³/mol. The number of nitrogens with one attached hydrogen (secondary N) is 1. The van der Waals surface area contributed by atoms with Gasteiger partial charge in [0.05, 0.1) is 11.7 Å². The number of unbranched alkanes of at least 4 members (excludes halogenated alkanes) is 1. The quantitative estimate of drug-likeness (QED) is 0.538. The summed E-state index contributed by atoms with van der Waals surface area (Å²) < 4.78 is 13.2. The highest BCUT2D eigenvalue weighted by Crippen LogP contribution is 2.23. The van der Waals surface area contributed by atoms with Gasteiger partial charge in [-0.2, -0.15) is 0 Å². The van der Waals surface area contributed by atoms with E-state index in [4.69, 9.17) is 0 Å². The first-order chi connectivity index (χ1) is 13.6. The van der Waals surface area contributed by atoms with E-state index in [0.29, 0.717) is 0 Å². The van der Waals surface area contributed by atoms with E-state index < -0.39 is 0 Å². The number of pyridine rings is 1. The zero-order valence-corrected chi connectivity index (χ0v) is 17.7. The van der Waals surface area contributed by atoms with Crippen molar-refractivity contribution in [1.82, 2.24) is 10.3 Å². The molecule has 0 aliphatic heterocycles. The standard InChI is InChI=1S/C20H25FN2O.C4H10/c1-3-7-16(8-4-2)20(24)23-19(18-9-5-6-14-22-18)15-10-12-17(21)13-11-15;1-3-4-2/h5-6,9-14,16,19H,3-4,7-8H2,1-2H3,(H,23,24);3-4H2,1-2H3. The molecule has 1 atom stereocenters. The Hall–Kier alpha value is -2.23. The zero-order valence-electron chi connectivity index (χ0n) is 17.7. The third-order valence-corrected chi connectivity index (χ3v) is 4.62. The van der Waals surface area contributed by atoms with E-state index in [1.807, 2.05) is 18.2 Å². The van der Waals surface area contributed by atoms with Gasteiger partial charge in [-0.05, 0) is 42.7 Å². The van der Waals surface area contributed by atoms with Crippen molar-refractivity contribution < 1.29 is 9.18 Å². The molecule has 1 N–H and O–H groups in total. The molecular weight excluding hydrogens is 351 g/mol. The number of carbonyl (C=O) groups excluding carboxylic acids is 1. The van der Waals surface area contributed by atoms with Crippen molar-refractivity contribution in [3.05, 3.63) is 65.7 Å². The van der Waals surface area contributed by atoms with Crippen LogP contribution in [0, 0.1) is 11.7 Å². The molecule has 0 saturated carbocycles. The van der Waals surface area contributed by atoms with E-state index in [1.54, 1.807) is 18.3 Å². The van der Waals surface area contributed by atoms with Gasteiger partial charge in [0.1, 0.15) is 5.82 Å². The second-order valence-corrected chi connectivity index (χ2v) is 7.02. The van der Waals surface area contributed by atoms with Crippen LogP contribution in [0.5, 0.6) is 0 Å². The topological polar surface area (TPSA) is 42.0 Å². The van der Waals surface area contributed by atoms with Crippen LogP contribution in [-0.2, 0) is 4.79 Å². The fourth-order valence-corrected chi connectivity index (χ4v) is 2.89. The molecule has 2 rings (SSSR count). The predicted octanol–water partition coefficient (Wildman–Crippen LogP) is 6.45. The molecule has 0 bridgehead atoms. The zero-order chi connectivity index (χ0) is 20.8. The van der Waals surface area contributed by atoms with Gasteiger partial charge in [-0.25, -0.2) is 4.39 Å². The molecule has 0 aliphatic carbocycles. The minimum absolute atomic E-state index is 0.00617. The van der Waals surface area contributed by atoms with E-state index in [9.17, 15) is 9.18 Å². The average molecular weight is 387 g/mol. The minimum Gasteiger partial charge on any atom is -0.343 e. The molecule has 1 amide bonds. The Bertz CT molecular complexity index is 650. The van der Waals surface area contributed by atoms with Crippen LogP contribution in [0.3, 0.4) is 0 Å². The third-order valence-electron chi connectivity index (χ3n) is 4.62. The van der Waals surface area contributed by atoms with Crippen molar-refractivity contribution in [2.75, 3.05) is 0 Å². The maximum absolute atomic E-state index is 13.2. The lowest BCUT2D eigenvalue weighted by Crippen LogP contribution is -2.35. The Balaban J connectivity index is 0.000000892. The number of carbonyl (C=O) groups is 1. The molecule has 1 heterocycles. The first-order valence-corrected chi connectivity index (χ1v) is 10.5. The van der Waals surface area contributed by atoms with Gasteiger partial charge in [-0.1, -0.05) is 71.6 Å². The molecule has 4 heteroatoms. The summed E-state index contributed by atoms with van der Waals surface area (Å²) in [6.45, 7) is 8.54. The van der Waals surface area contributed by atoms with E-state index in [1.165, 1.54) is 25.0 Å². The lowest BCUT2D eigenvalue weighted by molar-refractivity contribution is -0.126. The Morgan fingerprint density at radius 3 is 2.00 bits per heavy atom. The minimum atomic E-state index is -0.365. The number of aromatic nitrogens is 1. The number of hydrogen-bond donors (Lipinski definition) is 1. The third kappa shape index (κ3) is 8.20. The second-order valence-electron chi connectivity index (χ2n) is 7.02. The molecular formula is C24H35FN2O. The summed E-state index contributed by atoms with van der Waals surface area (Å²) in [4.78, 5) is 17.1. The molecule has 1 unspecified atom stereocenters. The van der Waals surface area contributed by atoms with E-state index in [-0.39, 0.29) is 23.7 Å². The van der Waals surface area contributed by atoms with Crippen LogP contribution in [-0.4, -0.2) is 10.9 Å². The molecule has 1 aromatic carbocycles. The molecule has 2 aromatic rings. The van der Waals surface area contributed by atoms with Crippen molar-refractivity contribution in [2.24, 2.45) is 5.92 Å². The molecule has 0 spiro atoms. The summed E-state index contributed by atoms with van der Waals surface area (Å²) in [6, 6.07) is 11.5. The lowest BCUT2D eigenvalue weighted by atomic mass is 9.95. The molecule has 0 radical (unpaired) electrons. The molecule has 154 valence electrons. The van der Waals surface area contributed by atoms with Gasteiger partial charge in [0.15, 0.2) is 0 Å². The highest BCUT2D eigenvalue weighted by molar-refractivity contribution is 5.79. The van der Waals surface area contributed by atoms with Crippen molar-refractivity contribution in [3.63, 3.8) is 0 Å². The van der Waals surface area contributed by atoms with Crippen LogP contribution in [0.2, 0.25) is 0 Å². The highest BCUT2D eigenvalue weighted by Gasteiger charge is 2.23. The Morgan fingerprint density at radius 1 is 0.929 bits per heavy atom. The van der Waals surface area contributed by atoms with Crippen LogP contribution in [0.4, 0.5) is 4.39 Å². The smallest absolute Gasteiger partial charge is 0.223 e. The normalized spacial score (nSPS) is 11.5. The molecule has 0 fully saturated rings. The second kappa shape index (κ2) is 13.9. The van der Waals surface area contributed by atoms with Crippen LogP contribution < -0.4 is 5.32 Å². The van der Waals surface area contributed by atoms with Crippen molar-refractivity contribution in [1.29, 1.82) is 0 Å². The SMILES string of the molecule is CCCC.CCCC(CCC)C(=O)NC(c1ccc(F)cc1)c1ccccn1. The van der Waals surface area contributed by atoms with Gasteiger partial charge in [0, 0.05) is 12.1 Å². The van der Waals surface area contributed by atoms with Gasteiger partial charge < -0.3 is 5.32 Å². The fraction of sp³-hybridized carbons (Fsp3) is 0.500. The maximum atomic E-state index is 13.2. The Kier molecular flexibility index (Phi) is 11.8. The van der Waals surface area contributed by atoms with E-state index >= 15 is 0 Å². The summed E-state index contributed by atoms with van der Waals surface area (Å²) in [5, 5.41) is 3.11. The summed E-state index contributed by atoms with van der Waals surface area (Å²) >= 11 is 0. The Morgan fingerprint density at radius 2 is 1.54 bits per heavy atom. The fourth-order valence-electron chi connectivity index (χ4n) is 2.89. The van der Waals surface area contributed by atoms with Crippen LogP contribution in [0.25, 0.3) is 0 Å². The lowest BCUT2D eigenvalue weighted by Gasteiger charge is -2.22. The van der Waals surface area contributed by atoms with Crippen molar-refractivity contribution in [3.8, 4) is 0 Å². The summed E-state index contributed by atoms with van der Waals surface area (Å²) in [6.07, 6.45) is 8.04. The van der Waals surface area contributed by atoms with Gasteiger partial charge in [0.2, 0.25) is 5.91 Å². The first-order valence-electron chi connectivity index (χ1n) is 10.5. The number of amides is 1. The molecule has 0 aliphatic rings.